The standard InChI is InChI=1S/C5H12NO6P/c1-11-13(9,10)12-3-2-4(6)5(7)8/h4H,2-3,6H2,1H3,(H,7,8)(H,9,10). The second kappa shape index (κ2) is 5.31. The Kier molecular flexibility index (Phi) is 5.12. The van der Waals surface area contributed by atoms with Gasteiger partial charge in [0.15, 0.2) is 0 Å². The van der Waals surface area contributed by atoms with E-state index in [1.54, 1.807) is 0 Å². The number of rotatable bonds is 6. The fourth-order valence-electron chi connectivity index (χ4n) is 0.471. The summed E-state index contributed by atoms with van der Waals surface area (Å²) in [6, 6.07) is -1.10. The van der Waals surface area contributed by atoms with Gasteiger partial charge >= 0.3 is 13.8 Å². The van der Waals surface area contributed by atoms with Crippen LogP contribution in [0.25, 0.3) is 0 Å². The lowest BCUT2D eigenvalue weighted by Crippen LogP contribution is -2.31. The van der Waals surface area contributed by atoms with Crippen LogP contribution < -0.4 is 5.73 Å². The Morgan fingerprint density at radius 3 is 2.62 bits per heavy atom. The highest BCUT2D eigenvalue weighted by atomic mass is 31.2. The van der Waals surface area contributed by atoms with Crippen molar-refractivity contribution in [1.29, 1.82) is 0 Å². The molecule has 13 heavy (non-hydrogen) atoms. The lowest BCUT2D eigenvalue weighted by Gasteiger charge is -2.10. The number of aliphatic carboxylic acids is 1. The molecule has 2 unspecified atom stereocenters. The maximum absolute atomic E-state index is 10.7. The molecule has 0 heterocycles. The van der Waals surface area contributed by atoms with Crippen molar-refractivity contribution in [1.82, 2.24) is 0 Å². The molecule has 0 aromatic rings. The molecule has 0 aliphatic heterocycles. The highest BCUT2D eigenvalue weighted by molar-refractivity contribution is 7.47. The van der Waals surface area contributed by atoms with E-state index in [2.05, 4.69) is 9.05 Å². The Morgan fingerprint density at radius 2 is 2.23 bits per heavy atom. The molecule has 8 heteroatoms. The second-order valence-corrected chi connectivity index (χ2v) is 3.78. The highest BCUT2D eigenvalue weighted by Crippen LogP contribution is 2.41. The smallest absolute Gasteiger partial charge is 0.471 e. The van der Waals surface area contributed by atoms with Crippen molar-refractivity contribution in [3.8, 4) is 0 Å². The van der Waals surface area contributed by atoms with Crippen LogP contribution in [-0.2, 0) is 18.4 Å². The van der Waals surface area contributed by atoms with E-state index in [0.717, 1.165) is 7.11 Å². The van der Waals surface area contributed by atoms with Crippen LogP contribution >= 0.6 is 7.82 Å². The predicted molar refractivity (Wildman–Crippen MR) is 43.0 cm³/mol. The van der Waals surface area contributed by atoms with E-state index in [9.17, 15) is 9.36 Å². The van der Waals surface area contributed by atoms with Crippen LogP contribution in [0.5, 0.6) is 0 Å². The normalized spacial score (nSPS) is 17.8. The molecule has 78 valence electrons. The summed E-state index contributed by atoms with van der Waals surface area (Å²) in [7, 11) is -3.00. The van der Waals surface area contributed by atoms with Crippen LogP contribution in [-0.4, -0.2) is 35.7 Å². The minimum atomic E-state index is -4.01. The molecule has 0 aromatic carbocycles. The maximum Gasteiger partial charge on any atom is 0.471 e. The summed E-state index contributed by atoms with van der Waals surface area (Å²) in [6.45, 7) is -0.241. The first-order chi connectivity index (χ1) is 5.89. The number of carboxylic acids is 1. The lowest BCUT2D eigenvalue weighted by molar-refractivity contribution is -0.138. The van der Waals surface area contributed by atoms with Gasteiger partial charge in [0.2, 0.25) is 0 Å². The zero-order valence-electron chi connectivity index (χ0n) is 7.04. The number of hydrogen-bond donors (Lipinski definition) is 3. The SMILES string of the molecule is COP(=O)(O)OCCC(N)C(=O)O. The molecule has 2 atom stereocenters. The average molecular weight is 213 g/mol. The first-order valence-corrected chi connectivity index (χ1v) is 4.90. The fourth-order valence-corrected chi connectivity index (χ4v) is 0.913. The molecule has 0 saturated carbocycles. The third-order valence-corrected chi connectivity index (χ3v) is 2.20. The summed E-state index contributed by atoms with van der Waals surface area (Å²) in [5, 5.41) is 8.33. The number of phosphoric acid groups is 1. The summed E-state index contributed by atoms with van der Waals surface area (Å²) >= 11 is 0. The first-order valence-electron chi connectivity index (χ1n) is 3.40. The van der Waals surface area contributed by atoms with E-state index in [1.807, 2.05) is 0 Å². The largest absolute Gasteiger partial charge is 0.480 e. The van der Waals surface area contributed by atoms with E-state index in [0.29, 0.717) is 0 Å². The number of carbonyl (C=O) groups is 1. The molecule has 0 spiro atoms. The van der Waals surface area contributed by atoms with Gasteiger partial charge in [0.1, 0.15) is 6.04 Å². The summed E-state index contributed by atoms with van der Waals surface area (Å²) in [6.07, 6.45) is -0.0523. The lowest BCUT2D eigenvalue weighted by atomic mass is 10.2. The molecule has 0 rings (SSSR count). The van der Waals surface area contributed by atoms with E-state index in [1.165, 1.54) is 0 Å². The van der Waals surface area contributed by atoms with Crippen LogP contribution in [0.2, 0.25) is 0 Å². The molecular formula is C5H12NO6P. The molecule has 7 nitrogen and oxygen atoms in total. The minimum Gasteiger partial charge on any atom is -0.480 e. The van der Waals surface area contributed by atoms with Gasteiger partial charge in [0.25, 0.3) is 0 Å². The molecule has 0 aliphatic rings. The van der Waals surface area contributed by atoms with Gasteiger partial charge in [-0.25, -0.2) is 4.57 Å². The maximum atomic E-state index is 10.7. The quantitative estimate of drug-likeness (QED) is 0.511. The van der Waals surface area contributed by atoms with Crippen molar-refractivity contribution in [2.75, 3.05) is 13.7 Å². The van der Waals surface area contributed by atoms with Crippen LogP contribution in [0.15, 0.2) is 0 Å². The molecule has 0 amide bonds. The van der Waals surface area contributed by atoms with Gasteiger partial charge in [-0.05, 0) is 6.42 Å². The summed E-state index contributed by atoms with van der Waals surface area (Å²) in [4.78, 5) is 18.9. The van der Waals surface area contributed by atoms with Gasteiger partial charge in [0.05, 0.1) is 6.61 Å². The molecule has 0 aromatic heterocycles. The van der Waals surface area contributed by atoms with E-state index in [4.69, 9.17) is 15.7 Å². The number of hydrogen-bond acceptors (Lipinski definition) is 5. The van der Waals surface area contributed by atoms with E-state index >= 15 is 0 Å². The molecule has 0 fully saturated rings. The minimum absolute atomic E-state index is 0.0523. The predicted octanol–water partition coefficient (Wildman–Crippen LogP) is -0.448. The first kappa shape index (κ1) is 12.5. The Hall–Kier alpha value is -0.460. The topological polar surface area (TPSA) is 119 Å². The van der Waals surface area contributed by atoms with Crippen LogP contribution in [0, 0.1) is 0 Å². The number of carboxylic acid groups (broad SMARTS) is 1. The summed E-state index contributed by atoms with van der Waals surface area (Å²) in [5.41, 5.74) is 5.10. The Bertz CT molecular complexity index is 219. The van der Waals surface area contributed by atoms with Crippen molar-refractivity contribution < 1.29 is 28.4 Å². The zero-order valence-corrected chi connectivity index (χ0v) is 7.94. The molecule has 4 N–H and O–H groups in total. The number of nitrogens with two attached hydrogens (primary N) is 1. The van der Waals surface area contributed by atoms with E-state index in [-0.39, 0.29) is 13.0 Å². The van der Waals surface area contributed by atoms with Crippen molar-refractivity contribution >= 4 is 13.8 Å². The highest BCUT2D eigenvalue weighted by Gasteiger charge is 2.19. The summed E-state index contributed by atoms with van der Waals surface area (Å²) < 4.78 is 19.1. The van der Waals surface area contributed by atoms with Gasteiger partial charge in [-0.15, -0.1) is 0 Å². The van der Waals surface area contributed by atoms with Gasteiger partial charge in [-0.3, -0.25) is 13.8 Å². The van der Waals surface area contributed by atoms with Crippen molar-refractivity contribution in [3.05, 3.63) is 0 Å². The van der Waals surface area contributed by atoms with E-state index < -0.39 is 19.8 Å². The Labute approximate surface area is 75.1 Å². The second-order valence-electron chi connectivity index (χ2n) is 2.22. The van der Waals surface area contributed by atoms with Crippen molar-refractivity contribution in [2.45, 2.75) is 12.5 Å². The van der Waals surface area contributed by atoms with Crippen LogP contribution in [0.1, 0.15) is 6.42 Å². The molecule has 0 saturated heterocycles. The molecule has 0 radical (unpaired) electrons. The average Bonchev–Trinajstić information content (AvgIpc) is 2.04. The fraction of sp³-hybridized carbons (Fsp3) is 0.800. The third-order valence-electron chi connectivity index (χ3n) is 1.23. The third kappa shape index (κ3) is 5.73. The molecular weight excluding hydrogens is 201 g/mol. The number of phosphoric ester groups is 1. The van der Waals surface area contributed by atoms with Crippen molar-refractivity contribution in [2.24, 2.45) is 5.73 Å². The Balaban J connectivity index is 3.68. The monoisotopic (exact) mass is 213 g/mol. The Morgan fingerprint density at radius 1 is 1.69 bits per heavy atom. The van der Waals surface area contributed by atoms with Gasteiger partial charge in [-0.2, -0.15) is 0 Å². The summed E-state index contributed by atoms with van der Waals surface area (Å²) in [5.74, 6) is -1.19. The molecule has 0 aliphatic carbocycles. The van der Waals surface area contributed by atoms with Crippen LogP contribution in [0.4, 0.5) is 0 Å². The van der Waals surface area contributed by atoms with Gasteiger partial charge in [0, 0.05) is 7.11 Å². The molecule has 0 bridgehead atoms. The van der Waals surface area contributed by atoms with Gasteiger partial charge < -0.3 is 15.7 Å². The zero-order chi connectivity index (χ0) is 10.5. The van der Waals surface area contributed by atoms with Crippen LogP contribution in [0.3, 0.4) is 0 Å². The van der Waals surface area contributed by atoms with Crippen molar-refractivity contribution in [3.63, 3.8) is 0 Å². The van der Waals surface area contributed by atoms with Gasteiger partial charge in [-0.1, -0.05) is 0 Å².